The van der Waals surface area contributed by atoms with Crippen molar-refractivity contribution in [1.29, 1.82) is 0 Å². The van der Waals surface area contributed by atoms with Crippen LogP contribution in [-0.2, 0) is 22.3 Å². The van der Waals surface area contributed by atoms with Gasteiger partial charge in [0.05, 0.1) is 0 Å². The maximum absolute atomic E-state index is 12.0. The fourth-order valence-corrected chi connectivity index (χ4v) is 4.21. The number of rotatable bonds is 14. The van der Waals surface area contributed by atoms with Crippen LogP contribution in [-0.4, -0.2) is 25.5 Å². The highest BCUT2D eigenvalue weighted by Gasteiger charge is 2.20. The van der Waals surface area contributed by atoms with Crippen LogP contribution in [0.1, 0.15) is 87.5 Å². The average molecular weight is 519 g/mol. The van der Waals surface area contributed by atoms with Crippen molar-refractivity contribution in [3.8, 4) is 36.2 Å². The van der Waals surface area contributed by atoms with E-state index in [1.165, 1.54) is 0 Å². The molecule has 0 unspecified atom stereocenters. The Morgan fingerprint density at radius 3 is 1.55 bits per heavy atom. The van der Waals surface area contributed by atoms with Crippen molar-refractivity contribution in [2.45, 2.75) is 78.1 Å². The van der Waals surface area contributed by atoms with Crippen molar-refractivity contribution in [3.63, 3.8) is 0 Å². The minimum Gasteiger partial charge on any atom is -0.421 e. The van der Waals surface area contributed by atoms with Gasteiger partial charge in [0.2, 0.25) is 0 Å². The van der Waals surface area contributed by atoms with E-state index in [1.807, 2.05) is 24.3 Å². The van der Waals surface area contributed by atoms with Gasteiger partial charge in [-0.1, -0.05) is 76.1 Å². The van der Waals surface area contributed by atoms with Crippen molar-refractivity contribution >= 4 is 12.3 Å². The van der Waals surface area contributed by atoms with Crippen molar-refractivity contribution in [3.05, 3.63) is 58.7 Å². The van der Waals surface area contributed by atoms with Crippen LogP contribution >= 0.6 is 0 Å². The van der Waals surface area contributed by atoms with E-state index in [0.717, 1.165) is 73.6 Å². The summed E-state index contributed by atoms with van der Waals surface area (Å²) in [5.41, 5.74) is 4.16. The Balaban J connectivity index is 2.42. The molecule has 38 heavy (non-hydrogen) atoms. The van der Waals surface area contributed by atoms with E-state index in [9.17, 15) is 9.59 Å². The maximum atomic E-state index is 12.0. The number of hydrogen-bond acceptors (Lipinski definition) is 6. The summed E-state index contributed by atoms with van der Waals surface area (Å²) in [5, 5.41) is 0. The molecule has 0 saturated heterocycles. The highest BCUT2D eigenvalue weighted by atomic mass is 16.7. The van der Waals surface area contributed by atoms with Gasteiger partial charge >= 0.3 is 12.3 Å². The lowest BCUT2D eigenvalue weighted by Gasteiger charge is -2.21. The number of carbonyl (C=O) groups is 2. The number of benzene rings is 2. The lowest BCUT2D eigenvalue weighted by Crippen LogP contribution is -2.13. The smallest absolute Gasteiger partial charge is 0.421 e. The zero-order chi connectivity index (χ0) is 27.8. The van der Waals surface area contributed by atoms with Crippen LogP contribution in [0.15, 0.2) is 36.4 Å². The Hall–Kier alpha value is -3.90. The zero-order valence-corrected chi connectivity index (χ0v) is 22.7. The first-order valence-corrected chi connectivity index (χ1v) is 13.3. The van der Waals surface area contributed by atoms with Gasteiger partial charge in [-0.2, -0.15) is 0 Å². The number of carbonyl (C=O) groups excluding carboxylic acids is 2. The molecule has 0 aromatic heterocycles. The molecular formula is C32H38O6. The van der Waals surface area contributed by atoms with Gasteiger partial charge in [0.25, 0.3) is 0 Å². The minimum atomic E-state index is -0.810. The van der Waals surface area contributed by atoms with Crippen molar-refractivity contribution in [2.24, 2.45) is 0 Å². The largest absolute Gasteiger partial charge is 0.514 e. The molecule has 202 valence electrons. The number of terminal acetylenes is 2. The molecule has 0 aliphatic rings. The van der Waals surface area contributed by atoms with E-state index < -0.39 is 12.3 Å². The molecule has 2 rings (SSSR count). The zero-order valence-electron chi connectivity index (χ0n) is 22.7. The molecule has 0 saturated carbocycles. The van der Waals surface area contributed by atoms with Crippen LogP contribution in [0, 0.1) is 24.7 Å². The van der Waals surface area contributed by atoms with Crippen LogP contribution in [0.25, 0.3) is 0 Å². The lowest BCUT2D eigenvalue weighted by atomic mass is 9.85. The van der Waals surface area contributed by atoms with Crippen LogP contribution in [0.3, 0.4) is 0 Å². The van der Waals surface area contributed by atoms with Gasteiger partial charge in [-0.05, 0) is 66.5 Å². The summed E-state index contributed by atoms with van der Waals surface area (Å²) < 4.78 is 20.7. The van der Waals surface area contributed by atoms with Crippen LogP contribution in [0.2, 0.25) is 0 Å². The van der Waals surface area contributed by atoms with Crippen LogP contribution in [0.4, 0.5) is 9.59 Å². The molecule has 0 bridgehead atoms. The second kappa shape index (κ2) is 16.8. The molecule has 0 aliphatic heterocycles. The topological polar surface area (TPSA) is 71.1 Å². The molecule has 0 heterocycles. The predicted octanol–water partition coefficient (Wildman–Crippen LogP) is 7.60. The van der Waals surface area contributed by atoms with Crippen molar-refractivity contribution in [2.75, 3.05) is 13.2 Å². The second-order valence-electron chi connectivity index (χ2n) is 8.97. The molecule has 0 atom stereocenters. The van der Waals surface area contributed by atoms with Crippen molar-refractivity contribution in [1.82, 2.24) is 0 Å². The SMILES string of the molecule is C#CCOC(=O)Oc1ccc(C(CCC)c2ccc(OC(=O)OCC#C)c(CCCC)c2)cc1CCCC. The maximum Gasteiger partial charge on any atom is 0.514 e. The quantitative estimate of drug-likeness (QED) is 0.146. The van der Waals surface area contributed by atoms with Gasteiger partial charge in [0.15, 0.2) is 13.2 Å². The normalized spacial score (nSPS) is 10.4. The molecule has 0 amide bonds. The first-order chi connectivity index (χ1) is 18.5. The third-order valence-corrected chi connectivity index (χ3v) is 6.08. The third-order valence-electron chi connectivity index (χ3n) is 6.08. The summed E-state index contributed by atoms with van der Waals surface area (Å²) in [5.74, 6) is 5.61. The summed E-state index contributed by atoms with van der Waals surface area (Å²) >= 11 is 0. The van der Waals surface area contributed by atoms with E-state index in [2.05, 4.69) is 44.7 Å². The summed E-state index contributed by atoms with van der Waals surface area (Å²) in [6.45, 7) is 6.12. The van der Waals surface area contributed by atoms with Crippen LogP contribution < -0.4 is 9.47 Å². The van der Waals surface area contributed by atoms with E-state index >= 15 is 0 Å². The van der Waals surface area contributed by atoms with Gasteiger partial charge in [0, 0.05) is 5.92 Å². The van der Waals surface area contributed by atoms with Gasteiger partial charge < -0.3 is 18.9 Å². The third kappa shape index (κ3) is 9.52. The Morgan fingerprint density at radius 2 is 1.18 bits per heavy atom. The fourth-order valence-electron chi connectivity index (χ4n) is 4.21. The molecule has 0 N–H and O–H groups in total. The highest BCUT2D eigenvalue weighted by Crippen LogP contribution is 2.35. The number of ether oxygens (including phenoxy) is 4. The van der Waals surface area contributed by atoms with Gasteiger partial charge in [0.1, 0.15) is 11.5 Å². The molecule has 0 fully saturated rings. The number of unbranched alkanes of at least 4 members (excludes halogenated alkanes) is 2. The van der Waals surface area contributed by atoms with Gasteiger partial charge in [-0.3, -0.25) is 0 Å². The molecule has 0 aliphatic carbocycles. The van der Waals surface area contributed by atoms with E-state index in [4.69, 9.17) is 31.8 Å². The van der Waals surface area contributed by atoms with Crippen LogP contribution in [0.5, 0.6) is 11.5 Å². The van der Waals surface area contributed by atoms with Crippen molar-refractivity contribution < 1.29 is 28.5 Å². The number of aryl methyl sites for hydroxylation is 2. The molecule has 0 spiro atoms. The second-order valence-corrected chi connectivity index (χ2v) is 8.97. The first kappa shape index (κ1) is 30.3. The Kier molecular flexibility index (Phi) is 13.4. The summed E-state index contributed by atoms with van der Waals surface area (Å²) in [6, 6.07) is 11.9. The standard InChI is InChI=1S/C32H38O6/c1-6-11-14-26-22-24(16-18-29(26)37-31(33)35-20-9-4)28(13-8-3)25-17-19-30(27(23-25)15-12-7-2)38-32(34)36-21-10-5/h4-5,16-19,22-23,28H,6-8,11-15,20-21H2,1-3H3. The molecule has 0 radical (unpaired) electrons. The molecule has 6 nitrogen and oxygen atoms in total. The van der Waals surface area contributed by atoms with E-state index in [-0.39, 0.29) is 19.1 Å². The summed E-state index contributed by atoms with van der Waals surface area (Å²) in [6.07, 6.45) is 16.1. The average Bonchev–Trinajstić information content (AvgIpc) is 2.92. The highest BCUT2D eigenvalue weighted by molar-refractivity contribution is 5.66. The lowest BCUT2D eigenvalue weighted by molar-refractivity contribution is 0.110. The molecule has 2 aromatic carbocycles. The Bertz CT molecular complexity index is 1050. The molecular weight excluding hydrogens is 480 g/mol. The Labute approximate surface area is 227 Å². The molecule has 2 aromatic rings. The molecule has 6 heteroatoms. The first-order valence-electron chi connectivity index (χ1n) is 13.3. The van der Waals surface area contributed by atoms with Gasteiger partial charge in [-0.15, -0.1) is 12.8 Å². The van der Waals surface area contributed by atoms with E-state index in [0.29, 0.717) is 11.5 Å². The predicted molar refractivity (Wildman–Crippen MR) is 148 cm³/mol. The monoisotopic (exact) mass is 518 g/mol. The summed E-state index contributed by atoms with van der Waals surface area (Å²) in [4.78, 5) is 24.1. The minimum absolute atomic E-state index is 0.116. The number of hydrogen-bond donors (Lipinski definition) is 0. The summed E-state index contributed by atoms with van der Waals surface area (Å²) in [7, 11) is 0. The van der Waals surface area contributed by atoms with E-state index in [1.54, 1.807) is 0 Å². The fraction of sp³-hybridized carbons (Fsp3) is 0.438. The Morgan fingerprint density at radius 1 is 0.737 bits per heavy atom. The van der Waals surface area contributed by atoms with Gasteiger partial charge in [-0.25, -0.2) is 9.59 Å².